The lowest BCUT2D eigenvalue weighted by Gasteiger charge is -2.05. The van der Waals surface area contributed by atoms with Crippen LogP contribution >= 0.6 is 0 Å². The van der Waals surface area contributed by atoms with Gasteiger partial charge in [0.2, 0.25) is 5.82 Å². The van der Waals surface area contributed by atoms with Crippen LogP contribution in [0.3, 0.4) is 0 Å². The summed E-state index contributed by atoms with van der Waals surface area (Å²) in [6.07, 6.45) is 0. The van der Waals surface area contributed by atoms with Gasteiger partial charge in [-0.3, -0.25) is 0 Å². The monoisotopic (exact) mass is 361 g/mol. The first-order valence-corrected chi connectivity index (χ1v) is 8.38. The van der Waals surface area contributed by atoms with E-state index in [1.807, 2.05) is 36.4 Å². The van der Waals surface area contributed by atoms with Gasteiger partial charge in [0.25, 0.3) is 5.89 Å². The second kappa shape index (κ2) is 7.39. The maximum Gasteiger partial charge on any atom is 0.258 e. The average Bonchev–Trinajstić information content (AvgIpc) is 3.21. The Labute approximate surface area is 155 Å². The third-order valence-electron chi connectivity index (χ3n) is 4.02. The number of hydrogen-bond donors (Lipinski definition) is 1. The Morgan fingerprint density at radius 2 is 1.41 bits per heavy atom. The van der Waals surface area contributed by atoms with Gasteiger partial charge in [-0.15, -0.1) is 0 Å². The summed E-state index contributed by atoms with van der Waals surface area (Å²) in [6, 6.07) is 20.8. The summed E-state index contributed by atoms with van der Waals surface area (Å²) in [7, 11) is 0. The highest BCUT2D eigenvalue weighted by molar-refractivity contribution is 5.60. The molecule has 3 aromatic carbocycles. The number of halogens is 1. The molecule has 0 spiro atoms. The fourth-order valence-corrected chi connectivity index (χ4v) is 2.55. The molecule has 0 saturated carbocycles. The van der Waals surface area contributed by atoms with E-state index in [4.69, 9.17) is 15.0 Å². The van der Waals surface area contributed by atoms with Gasteiger partial charge in [0.1, 0.15) is 17.3 Å². The molecule has 134 valence electrons. The predicted molar refractivity (Wildman–Crippen MR) is 99.5 cm³/mol. The Morgan fingerprint density at radius 1 is 0.815 bits per heavy atom. The van der Waals surface area contributed by atoms with E-state index in [0.29, 0.717) is 29.8 Å². The van der Waals surface area contributed by atoms with Crippen LogP contribution in [0.4, 0.5) is 4.39 Å². The van der Waals surface area contributed by atoms with Crippen molar-refractivity contribution in [2.45, 2.75) is 6.54 Å². The SMILES string of the molecule is NCc1ccc(-c2nc(-c3ccc(Oc4ccc(F)cc4)cc3)no2)cc1. The summed E-state index contributed by atoms with van der Waals surface area (Å²) in [6.45, 7) is 0.488. The Bertz CT molecular complexity index is 1030. The maximum atomic E-state index is 12.9. The molecule has 0 radical (unpaired) electrons. The molecule has 0 fully saturated rings. The van der Waals surface area contributed by atoms with Crippen LogP contribution in [0, 0.1) is 5.82 Å². The maximum absolute atomic E-state index is 12.9. The summed E-state index contributed by atoms with van der Waals surface area (Å²) < 4.78 is 24.0. The lowest BCUT2D eigenvalue weighted by molar-refractivity contribution is 0.432. The van der Waals surface area contributed by atoms with Crippen molar-refractivity contribution in [2.75, 3.05) is 0 Å². The van der Waals surface area contributed by atoms with Crippen LogP contribution in [0.1, 0.15) is 5.56 Å². The molecule has 0 amide bonds. The van der Waals surface area contributed by atoms with Crippen molar-refractivity contribution in [2.24, 2.45) is 5.73 Å². The standard InChI is InChI=1S/C21H16FN3O2/c22-17-7-11-19(12-8-17)26-18-9-5-15(6-10-18)20-24-21(27-25-20)16-3-1-14(13-23)2-4-16/h1-12H,13,23H2. The molecule has 27 heavy (non-hydrogen) atoms. The van der Waals surface area contributed by atoms with E-state index in [-0.39, 0.29) is 5.82 Å². The molecule has 0 saturated heterocycles. The number of nitrogens with zero attached hydrogens (tertiary/aromatic N) is 2. The van der Waals surface area contributed by atoms with Crippen molar-refractivity contribution < 1.29 is 13.7 Å². The second-order valence-corrected chi connectivity index (χ2v) is 5.90. The lowest BCUT2D eigenvalue weighted by Crippen LogP contribution is -1.95. The molecule has 1 aromatic heterocycles. The fraction of sp³-hybridized carbons (Fsp3) is 0.0476. The minimum atomic E-state index is -0.303. The lowest BCUT2D eigenvalue weighted by atomic mass is 10.1. The largest absolute Gasteiger partial charge is 0.457 e. The van der Waals surface area contributed by atoms with E-state index < -0.39 is 0 Å². The molecule has 2 N–H and O–H groups in total. The molecule has 5 nitrogen and oxygen atoms in total. The zero-order chi connectivity index (χ0) is 18.6. The van der Waals surface area contributed by atoms with Crippen LogP contribution in [0.25, 0.3) is 22.8 Å². The zero-order valence-electron chi connectivity index (χ0n) is 14.3. The van der Waals surface area contributed by atoms with Crippen molar-refractivity contribution >= 4 is 0 Å². The number of hydrogen-bond acceptors (Lipinski definition) is 5. The quantitative estimate of drug-likeness (QED) is 0.553. The molecular weight excluding hydrogens is 345 g/mol. The number of ether oxygens (including phenoxy) is 1. The third kappa shape index (κ3) is 3.86. The van der Waals surface area contributed by atoms with Gasteiger partial charge in [0.05, 0.1) is 0 Å². The molecule has 4 aromatic rings. The normalized spacial score (nSPS) is 10.7. The van der Waals surface area contributed by atoms with Crippen LogP contribution in [-0.4, -0.2) is 10.1 Å². The third-order valence-corrected chi connectivity index (χ3v) is 4.02. The van der Waals surface area contributed by atoms with Crippen LogP contribution in [0.2, 0.25) is 0 Å². The topological polar surface area (TPSA) is 74.2 Å². The number of nitrogens with two attached hydrogens (primary N) is 1. The Hall–Kier alpha value is -3.51. The van der Waals surface area contributed by atoms with Crippen LogP contribution in [-0.2, 0) is 6.54 Å². The van der Waals surface area contributed by atoms with Crippen LogP contribution in [0.15, 0.2) is 77.3 Å². The zero-order valence-corrected chi connectivity index (χ0v) is 14.3. The molecule has 6 heteroatoms. The number of aromatic nitrogens is 2. The second-order valence-electron chi connectivity index (χ2n) is 5.90. The summed E-state index contributed by atoms with van der Waals surface area (Å²) in [5.74, 6) is 1.82. The number of benzene rings is 3. The highest BCUT2D eigenvalue weighted by Gasteiger charge is 2.11. The van der Waals surface area contributed by atoms with Gasteiger partial charge >= 0.3 is 0 Å². The van der Waals surface area contributed by atoms with Crippen molar-refractivity contribution in [3.63, 3.8) is 0 Å². The van der Waals surface area contributed by atoms with Crippen LogP contribution < -0.4 is 10.5 Å². The van der Waals surface area contributed by atoms with E-state index in [1.54, 1.807) is 24.3 Å². The van der Waals surface area contributed by atoms with Gasteiger partial charge in [-0.05, 0) is 66.2 Å². The molecule has 0 aliphatic rings. The van der Waals surface area contributed by atoms with Gasteiger partial charge in [0, 0.05) is 17.7 Å². The molecule has 0 unspecified atom stereocenters. The summed E-state index contributed by atoms with van der Waals surface area (Å²) in [5.41, 5.74) is 8.28. The Balaban J connectivity index is 1.50. The first kappa shape index (κ1) is 16.9. The van der Waals surface area contributed by atoms with Gasteiger partial charge in [-0.1, -0.05) is 17.3 Å². The molecule has 0 atom stereocenters. The summed E-state index contributed by atoms with van der Waals surface area (Å²) in [5, 5.41) is 4.04. The van der Waals surface area contributed by atoms with Gasteiger partial charge < -0.3 is 15.0 Å². The highest BCUT2D eigenvalue weighted by atomic mass is 19.1. The van der Waals surface area contributed by atoms with E-state index in [1.165, 1.54) is 12.1 Å². The minimum absolute atomic E-state index is 0.303. The molecule has 4 rings (SSSR count). The first-order chi connectivity index (χ1) is 13.2. The van der Waals surface area contributed by atoms with E-state index >= 15 is 0 Å². The summed E-state index contributed by atoms with van der Waals surface area (Å²) >= 11 is 0. The predicted octanol–water partition coefficient (Wildman–Crippen LogP) is 4.79. The molecule has 1 heterocycles. The highest BCUT2D eigenvalue weighted by Crippen LogP contribution is 2.26. The van der Waals surface area contributed by atoms with Crippen molar-refractivity contribution in [1.29, 1.82) is 0 Å². The van der Waals surface area contributed by atoms with Gasteiger partial charge in [-0.2, -0.15) is 4.98 Å². The van der Waals surface area contributed by atoms with Gasteiger partial charge in [0.15, 0.2) is 0 Å². The van der Waals surface area contributed by atoms with Gasteiger partial charge in [-0.25, -0.2) is 4.39 Å². The first-order valence-electron chi connectivity index (χ1n) is 8.38. The smallest absolute Gasteiger partial charge is 0.258 e. The van der Waals surface area contributed by atoms with Crippen molar-refractivity contribution in [3.05, 3.63) is 84.2 Å². The van der Waals surface area contributed by atoms with E-state index in [2.05, 4.69) is 10.1 Å². The molecule has 0 aliphatic carbocycles. The van der Waals surface area contributed by atoms with Crippen molar-refractivity contribution in [1.82, 2.24) is 10.1 Å². The fourth-order valence-electron chi connectivity index (χ4n) is 2.55. The Morgan fingerprint density at radius 3 is 2.04 bits per heavy atom. The number of rotatable bonds is 5. The van der Waals surface area contributed by atoms with E-state index in [0.717, 1.165) is 16.7 Å². The molecule has 0 aliphatic heterocycles. The van der Waals surface area contributed by atoms with Crippen LogP contribution in [0.5, 0.6) is 11.5 Å². The van der Waals surface area contributed by atoms with E-state index in [9.17, 15) is 4.39 Å². The minimum Gasteiger partial charge on any atom is -0.457 e. The summed E-state index contributed by atoms with van der Waals surface area (Å²) in [4.78, 5) is 4.44. The van der Waals surface area contributed by atoms with Crippen molar-refractivity contribution in [3.8, 4) is 34.3 Å². The molecular formula is C21H16FN3O2. The molecule has 0 bridgehead atoms. The average molecular weight is 361 g/mol. The Kier molecular flexibility index (Phi) is 4.63.